The lowest BCUT2D eigenvalue weighted by atomic mass is 9.71. The summed E-state index contributed by atoms with van der Waals surface area (Å²) in [5.41, 5.74) is -0.0992. The van der Waals surface area contributed by atoms with Gasteiger partial charge in [0.25, 0.3) is 0 Å². The van der Waals surface area contributed by atoms with Gasteiger partial charge in [-0.2, -0.15) is 0 Å². The standard InChI is InChI=1S/C16H31NO2/c1-14(2)6-8-16(18,9-7-14)12-17-13-5-10-19-15(3,4)11-13/h13,17-18H,5-12H2,1-4H3. The van der Waals surface area contributed by atoms with Crippen molar-refractivity contribution in [2.45, 2.75) is 83.5 Å². The van der Waals surface area contributed by atoms with Gasteiger partial charge in [-0.25, -0.2) is 0 Å². The normalized spacial score (nSPS) is 33.0. The van der Waals surface area contributed by atoms with Crippen LogP contribution in [0, 0.1) is 5.41 Å². The van der Waals surface area contributed by atoms with Crippen LogP contribution in [-0.4, -0.2) is 35.5 Å². The lowest BCUT2D eigenvalue weighted by molar-refractivity contribution is -0.0704. The minimum atomic E-state index is -0.488. The van der Waals surface area contributed by atoms with Crippen LogP contribution in [0.5, 0.6) is 0 Å². The molecule has 2 N–H and O–H groups in total. The Morgan fingerprint density at radius 3 is 2.32 bits per heavy atom. The maximum Gasteiger partial charge on any atom is 0.0772 e. The van der Waals surface area contributed by atoms with Crippen LogP contribution < -0.4 is 5.32 Å². The second-order valence-electron chi connectivity index (χ2n) is 8.07. The molecule has 3 heteroatoms. The Morgan fingerprint density at radius 2 is 1.74 bits per heavy atom. The molecular formula is C16H31NO2. The third-order valence-electron chi connectivity index (χ3n) is 4.95. The van der Waals surface area contributed by atoms with Crippen molar-refractivity contribution >= 4 is 0 Å². The third-order valence-corrected chi connectivity index (χ3v) is 4.95. The van der Waals surface area contributed by atoms with Gasteiger partial charge in [0.05, 0.1) is 11.2 Å². The average Bonchev–Trinajstić information content (AvgIpc) is 2.30. The molecule has 0 spiro atoms. The van der Waals surface area contributed by atoms with Gasteiger partial charge in [-0.15, -0.1) is 0 Å². The fourth-order valence-corrected chi connectivity index (χ4v) is 3.31. The summed E-state index contributed by atoms with van der Waals surface area (Å²) in [6, 6.07) is 0.489. The van der Waals surface area contributed by atoms with Crippen molar-refractivity contribution in [2.24, 2.45) is 5.41 Å². The van der Waals surface area contributed by atoms with Gasteiger partial charge in [-0.05, 0) is 57.8 Å². The largest absolute Gasteiger partial charge is 0.389 e. The first kappa shape index (κ1) is 15.3. The number of nitrogens with one attached hydrogen (secondary N) is 1. The van der Waals surface area contributed by atoms with Crippen molar-refractivity contribution in [2.75, 3.05) is 13.2 Å². The molecule has 0 bridgehead atoms. The smallest absolute Gasteiger partial charge is 0.0772 e. The summed E-state index contributed by atoms with van der Waals surface area (Å²) >= 11 is 0. The van der Waals surface area contributed by atoms with Crippen molar-refractivity contribution in [3.63, 3.8) is 0 Å². The highest BCUT2D eigenvalue weighted by molar-refractivity contribution is 4.92. The molecule has 0 amide bonds. The molecular weight excluding hydrogens is 238 g/mol. The van der Waals surface area contributed by atoms with E-state index in [0.29, 0.717) is 11.5 Å². The van der Waals surface area contributed by atoms with Crippen molar-refractivity contribution < 1.29 is 9.84 Å². The second-order valence-corrected chi connectivity index (χ2v) is 8.07. The minimum absolute atomic E-state index is 0.0207. The van der Waals surface area contributed by atoms with Crippen LogP contribution in [-0.2, 0) is 4.74 Å². The Bertz CT molecular complexity index is 302. The Labute approximate surface area is 118 Å². The molecule has 0 aromatic rings. The molecule has 3 nitrogen and oxygen atoms in total. The van der Waals surface area contributed by atoms with Crippen LogP contribution in [0.4, 0.5) is 0 Å². The van der Waals surface area contributed by atoms with E-state index in [4.69, 9.17) is 4.74 Å². The number of ether oxygens (including phenoxy) is 1. The summed E-state index contributed by atoms with van der Waals surface area (Å²) < 4.78 is 5.74. The minimum Gasteiger partial charge on any atom is -0.389 e. The van der Waals surface area contributed by atoms with E-state index >= 15 is 0 Å². The molecule has 2 aliphatic rings. The summed E-state index contributed by atoms with van der Waals surface area (Å²) in [5.74, 6) is 0. The van der Waals surface area contributed by atoms with Gasteiger partial charge < -0.3 is 15.2 Å². The molecule has 1 saturated heterocycles. The topological polar surface area (TPSA) is 41.5 Å². The Kier molecular flexibility index (Phi) is 4.29. The van der Waals surface area contributed by atoms with Gasteiger partial charge in [0.2, 0.25) is 0 Å². The lowest BCUT2D eigenvalue weighted by Gasteiger charge is -2.42. The van der Waals surface area contributed by atoms with Crippen LogP contribution in [0.2, 0.25) is 0 Å². The third kappa shape index (κ3) is 4.44. The SMILES string of the molecule is CC1(C)CCC(O)(CNC2CCOC(C)(C)C2)CC1. The summed E-state index contributed by atoms with van der Waals surface area (Å²) in [6.45, 7) is 10.5. The molecule has 1 saturated carbocycles. The Morgan fingerprint density at radius 1 is 1.11 bits per heavy atom. The molecule has 2 rings (SSSR count). The van der Waals surface area contributed by atoms with Gasteiger partial charge >= 0.3 is 0 Å². The number of hydrogen-bond acceptors (Lipinski definition) is 3. The van der Waals surface area contributed by atoms with Crippen molar-refractivity contribution in [1.29, 1.82) is 0 Å². The summed E-state index contributed by atoms with van der Waals surface area (Å²) in [4.78, 5) is 0. The molecule has 1 aliphatic heterocycles. The van der Waals surface area contributed by atoms with E-state index < -0.39 is 5.60 Å². The predicted octanol–water partition coefficient (Wildman–Crippen LogP) is 2.86. The van der Waals surface area contributed by atoms with Crippen LogP contribution >= 0.6 is 0 Å². The first-order chi connectivity index (χ1) is 8.70. The number of rotatable bonds is 3. The van der Waals surface area contributed by atoms with Gasteiger partial charge in [0.1, 0.15) is 0 Å². The molecule has 1 unspecified atom stereocenters. The van der Waals surface area contributed by atoms with Gasteiger partial charge in [-0.3, -0.25) is 0 Å². The predicted molar refractivity (Wildman–Crippen MR) is 78.3 cm³/mol. The quantitative estimate of drug-likeness (QED) is 0.828. The lowest BCUT2D eigenvalue weighted by Crippen LogP contribution is -2.51. The summed E-state index contributed by atoms with van der Waals surface area (Å²) in [7, 11) is 0. The first-order valence-corrected chi connectivity index (χ1v) is 7.80. The Hall–Kier alpha value is -0.120. The van der Waals surface area contributed by atoms with E-state index in [-0.39, 0.29) is 5.60 Å². The van der Waals surface area contributed by atoms with Gasteiger partial charge in [0, 0.05) is 19.2 Å². The molecule has 19 heavy (non-hydrogen) atoms. The monoisotopic (exact) mass is 269 g/mol. The Balaban J connectivity index is 1.79. The maximum atomic E-state index is 10.7. The first-order valence-electron chi connectivity index (χ1n) is 7.80. The fraction of sp³-hybridized carbons (Fsp3) is 1.00. The zero-order valence-electron chi connectivity index (χ0n) is 13.1. The highest BCUT2D eigenvalue weighted by Gasteiger charge is 2.37. The van der Waals surface area contributed by atoms with Crippen LogP contribution in [0.15, 0.2) is 0 Å². The van der Waals surface area contributed by atoms with E-state index in [0.717, 1.165) is 51.7 Å². The highest BCUT2D eigenvalue weighted by atomic mass is 16.5. The number of hydrogen-bond donors (Lipinski definition) is 2. The van der Waals surface area contributed by atoms with E-state index in [9.17, 15) is 5.11 Å². The van der Waals surface area contributed by atoms with Crippen molar-refractivity contribution in [1.82, 2.24) is 5.32 Å². The molecule has 1 atom stereocenters. The molecule has 112 valence electrons. The zero-order chi connectivity index (χ0) is 14.1. The molecule has 0 radical (unpaired) electrons. The molecule has 2 fully saturated rings. The highest BCUT2D eigenvalue weighted by Crippen LogP contribution is 2.40. The van der Waals surface area contributed by atoms with Crippen LogP contribution in [0.3, 0.4) is 0 Å². The van der Waals surface area contributed by atoms with Crippen LogP contribution in [0.1, 0.15) is 66.2 Å². The summed E-state index contributed by atoms with van der Waals surface area (Å²) in [5, 5.41) is 14.3. The maximum absolute atomic E-state index is 10.7. The molecule has 0 aromatic carbocycles. The molecule has 0 aromatic heterocycles. The average molecular weight is 269 g/mol. The van der Waals surface area contributed by atoms with E-state index in [1.54, 1.807) is 0 Å². The molecule has 1 aliphatic carbocycles. The summed E-state index contributed by atoms with van der Waals surface area (Å²) in [6.07, 6.45) is 6.22. The fourth-order valence-electron chi connectivity index (χ4n) is 3.31. The van der Waals surface area contributed by atoms with E-state index in [2.05, 4.69) is 33.0 Å². The zero-order valence-corrected chi connectivity index (χ0v) is 13.1. The van der Waals surface area contributed by atoms with Crippen molar-refractivity contribution in [3.05, 3.63) is 0 Å². The van der Waals surface area contributed by atoms with E-state index in [1.807, 2.05) is 0 Å². The van der Waals surface area contributed by atoms with Crippen molar-refractivity contribution in [3.8, 4) is 0 Å². The van der Waals surface area contributed by atoms with Crippen LogP contribution in [0.25, 0.3) is 0 Å². The molecule has 1 heterocycles. The van der Waals surface area contributed by atoms with Gasteiger partial charge in [0.15, 0.2) is 0 Å². The van der Waals surface area contributed by atoms with E-state index in [1.165, 1.54) is 0 Å². The van der Waals surface area contributed by atoms with Gasteiger partial charge in [-0.1, -0.05) is 13.8 Å². The number of aliphatic hydroxyl groups is 1. The second kappa shape index (κ2) is 5.34.